The number of carboxylic acid groups (broad SMARTS) is 1. The highest BCUT2D eigenvalue weighted by atomic mass is 32.2. The lowest BCUT2D eigenvalue weighted by Gasteiger charge is -2.25. The van der Waals surface area contributed by atoms with Gasteiger partial charge in [0.1, 0.15) is 0 Å². The van der Waals surface area contributed by atoms with Gasteiger partial charge in [0.2, 0.25) is 0 Å². The summed E-state index contributed by atoms with van der Waals surface area (Å²) in [6, 6.07) is 0.0455. The second-order valence-corrected chi connectivity index (χ2v) is 5.47. The predicted octanol–water partition coefficient (Wildman–Crippen LogP) is 1.16. The molecular weight excluding hydrogens is 226 g/mol. The van der Waals surface area contributed by atoms with E-state index in [1.165, 1.54) is 0 Å². The predicted molar refractivity (Wildman–Crippen MR) is 66.0 cm³/mol. The minimum atomic E-state index is -0.739. The summed E-state index contributed by atoms with van der Waals surface area (Å²) in [4.78, 5) is 13.1. The Hall–Kier alpha value is -0.260. The fourth-order valence-electron chi connectivity index (χ4n) is 1.94. The number of hydrogen-bond donors (Lipinski definition) is 1. The molecule has 1 saturated heterocycles. The second kappa shape index (κ2) is 7.14. The van der Waals surface area contributed by atoms with Crippen LogP contribution in [-0.2, 0) is 9.53 Å². The van der Waals surface area contributed by atoms with Crippen LogP contribution < -0.4 is 0 Å². The quantitative estimate of drug-likeness (QED) is 0.684. The van der Waals surface area contributed by atoms with Crippen molar-refractivity contribution in [1.82, 2.24) is 4.90 Å². The third-order valence-corrected chi connectivity index (χ3v) is 3.92. The molecule has 0 aromatic rings. The number of aliphatic carboxylic acids is 1. The van der Waals surface area contributed by atoms with E-state index in [1.54, 1.807) is 0 Å². The van der Waals surface area contributed by atoms with Gasteiger partial charge < -0.3 is 14.7 Å². The fraction of sp³-hybridized carbons (Fsp3) is 0.909. The maximum Gasteiger partial charge on any atom is 0.310 e. The summed E-state index contributed by atoms with van der Waals surface area (Å²) in [7, 11) is 1.99. The van der Waals surface area contributed by atoms with Crippen LogP contribution >= 0.6 is 11.8 Å². The van der Waals surface area contributed by atoms with Crippen molar-refractivity contribution in [2.75, 3.05) is 38.3 Å². The van der Waals surface area contributed by atoms with E-state index in [-0.39, 0.29) is 12.0 Å². The van der Waals surface area contributed by atoms with E-state index < -0.39 is 5.97 Å². The minimum Gasteiger partial charge on any atom is -0.481 e. The minimum absolute atomic E-state index is 0.0455. The number of carbonyl (C=O) groups is 1. The van der Waals surface area contributed by atoms with Crippen molar-refractivity contribution in [2.24, 2.45) is 5.92 Å². The van der Waals surface area contributed by atoms with Crippen molar-refractivity contribution in [3.05, 3.63) is 0 Å². The highest BCUT2D eigenvalue weighted by molar-refractivity contribution is 7.99. The van der Waals surface area contributed by atoms with E-state index in [0.717, 1.165) is 24.5 Å². The summed E-state index contributed by atoms with van der Waals surface area (Å²) in [5.41, 5.74) is 0. The van der Waals surface area contributed by atoms with E-state index >= 15 is 0 Å². The van der Waals surface area contributed by atoms with Gasteiger partial charge in [-0.05, 0) is 31.5 Å². The zero-order valence-electron chi connectivity index (χ0n) is 10.0. The van der Waals surface area contributed by atoms with Crippen LogP contribution in [0.4, 0.5) is 0 Å². The molecule has 0 radical (unpaired) electrons. The Morgan fingerprint density at radius 1 is 1.56 bits per heavy atom. The second-order valence-electron chi connectivity index (χ2n) is 4.08. The average molecular weight is 247 g/mol. The molecule has 94 valence electrons. The van der Waals surface area contributed by atoms with Gasteiger partial charge in [-0.3, -0.25) is 4.79 Å². The largest absolute Gasteiger partial charge is 0.481 e. The molecule has 1 aliphatic heterocycles. The molecule has 0 aliphatic carbocycles. The van der Waals surface area contributed by atoms with E-state index in [4.69, 9.17) is 9.84 Å². The number of rotatable bonds is 7. The number of likely N-dealkylation sites (N-methyl/N-ethyl adjacent to an activating group) is 1. The molecule has 2 unspecified atom stereocenters. The Balaban J connectivity index is 2.29. The third kappa shape index (κ3) is 3.96. The van der Waals surface area contributed by atoms with E-state index in [0.29, 0.717) is 13.2 Å². The van der Waals surface area contributed by atoms with Crippen molar-refractivity contribution in [1.29, 1.82) is 0 Å². The Morgan fingerprint density at radius 3 is 2.94 bits per heavy atom. The van der Waals surface area contributed by atoms with Crippen molar-refractivity contribution in [3.63, 3.8) is 0 Å². The number of carboxylic acids is 1. The van der Waals surface area contributed by atoms with Crippen LogP contribution in [0.2, 0.25) is 0 Å². The van der Waals surface area contributed by atoms with Crippen LogP contribution in [0.3, 0.4) is 0 Å². The van der Waals surface area contributed by atoms with Gasteiger partial charge >= 0.3 is 5.97 Å². The zero-order valence-corrected chi connectivity index (χ0v) is 10.8. The first kappa shape index (κ1) is 13.8. The van der Waals surface area contributed by atoms with Crippen LogP contribution in [0.1, 0.15) is 13.3 Å². The van der Waals surface area contributed by atoms with Crippen LogP contribution in [0.25, 0.3) is 0 Å². The normalized spacial score (nSPS) is 25.2. The first-order valence-electron chi connectivity index (χ1n) is 5.75. The van der Waals surface area contributed by atoms with Gasteiger partial charge in [0.15, 0.2) is 0 Å². The Kier molecular flexibility index (Phi) is 6.16. The highest BCUT2D eigenvalue weighted by Gasteiger charge is 2.36. The number of thioether (sulfide) groups is 1. The molecule has 1 aliphatic rings. The van der Waals surface area contributed by atoms with Gasteiger partial charge in [-0.15, -0.1) is 0 Å². The van der Waals surface area contributed by atoms with Crippen molar-refractivity contribution < 1.29 is 14.6 Å². The van der Waals surface area contributed by atoms with E-state index in [2.05, 4.69) is 11.8 Å². The maximum absolute atomic E-state index is 11.0. The lowest BCUT2D eigenvalue weighted by molar-refractivity contribution is -0.143. The molecule has 0 spiro atoms. The standard InChI is InChI=1S/C11H21NO3S/c1-3-16-6-4-5-12(2)10-8-15-7-9(10)11(13)14/h9-10H,3-8H2,1-2H3,(H,13,14). The summed E-state index contributed by atoms with van der Waals surface area (Å²) >= 11 is 1.93. The molecule has 16 heavy (non-hydrogen) atoms. The fourth-order valence-corrected chi connectivity index (χ4v) is 2.56. The number of hydrogen-bond acceptors (Lipinski definition) is 4. The van der Waals surface area contributed by atoms with Gasteiger partial charge in [0.25, 0.3) is 0 Å². The number of nitrogens with zero attached hydrogens (tertiary/aromatic N) is 1. The van der Waals surface area contributed by atoms with Gasteiger partial charge in [-0.25, -0.2) is 0 Å². The molecule has 1 rings (SSSR count). The third-order valence-electron chi connectivity index (χ3n) is 2.94. The first-order chi connectivity index (χ1) is 7.66. The van der Waals surface area contributed by atoms with E-state index in [1.807, 2.05) is 18.8 Å². The lowest BCUT2D eigenvalue weighted by Crippen LogP contribution is -2.41. The van der Waals surface area contributed by atoms with Gasteiger partial charge in [0.05, 0.1) is 19.1 Å². The average Bonchev–Trinajstić information content (AvgIpc) is 2.73. The molecule has 0 bridgehead atoms. The summed E-state index contributed by atoms with van der Waals surface area (Å²) in [6.07, 6.45) is 1.11. The molecule has 1 fully saturated rings. The van der Waals surface area contributed by atoms with Crippen LogP contribution in [0, 0.1) is 5.92 Å². The van der Waals surface area contributed by atoms with Crippen LogP contribution in [0.15, 0.2) is 0 Å². The summed E-state index contributed by atoms with van der Waals surface area (Å²) in [6.45, 7) is 4.01. The SMILES string of the molecule is CCSCCCN(C)C1COCC1C(=O)O. The van der Waals surface area contributed by atoms with E-state index in [9.17, 15) is 4.79 Å². The molecular formula is C11H21NO3S. The molecule has 5 heteroatoms. The van der Waals surface area contributed by atoms with Gasteiger partial charge in [0, 0.05) is 6.04 Å². The monoisotopic (exact) mass is 247 g/mol. The van der Waals surface area contributed by atoms with Crippen molar-refractivity contribution >= 4 is 17.7 Å². The van der Waals surface area contributed by atoms with Gasteiger partial charge in [-0.1, -0.05) is 6.92 Å². The van der Waals surface area contributed by atoms with Crippen LogP contribution in [-0.4, -0.2) is 60.3 Å². The Labute approximate surface area is 101 Å². The molecule has 4 nitrogen and oxygen atoms in total. The number of ether oxygens (including phenoxy) is 1. The van der Waals surface area contributed by atoms with Gasteiger partial charge in [-0.2, -0.15) is 11.8 Å². The molecule has 0 aromatic carbocycles. The molecule has 0 aromatic heterocycles. The summed E-state index contributed by atoms with van der Waals surface area (Å²) in [5.74, 6) is 1.20. The molecule has 0 amide bonds. The highest BCUT2D eigenvalue weighted by Crippen LogP contribution is 2.19. The summed E-state index contributed by atoms with van der Waals surface area (Å²) in [5, 5.41) is 9.03. The van der Waals surface area contributed by atoms with Crippen molar-refractivity contribution in [3.8, 4) is 0 Å². The molecule has 1 N–H and O–H groups in total. The molecule has 1 heterocycles. The van der Waals surface area contributed by atoms with Crippen LogP contribution in [0.5, 0.6) is 0 Å². The summed E-state index contributed by atoms with van der Waals surface area (Å²) < 4.78 is 5.25. The Morgan fingerprint density at radius 2 is 2.31 bits per heavy atom. The smallest absolute Gasteiger partial charge is 0.310 e. The maximum atomic E-state index is 11.0. The molecule has 2 atom stereocenters. The topological polar surface area (TPSA) is 49.8 Å². The lowest BCUT2D eigenvalue weighted by atomic mass is 10.0. The van der Waals surface area contributed by atoms with Crippen molar-refractivity contribution in [2.45, 2.75) is 19.4 Å². The Bertz CT molecular complexity index is 225. The first-order valence-corrected chi connectivity index (χ1v) is 6.90. The molecule has 0 saturated carbocycles. The zero-order chi connectivity index (χ0) is 12.0.